The third kappa shape index (κ3) is 2.50. The van der Waals surface area contributed by atoms with Crippen molar-refractivity contribution in [3.8, 4) is 11.5 Å². The highest BCUT2D eigenvalue weighted by Crippen LogP contribution is 2.34. The molecule has 0 fully saturated rings. The minimum Gasteiger partial charge on any atom is -0.493 e. The van der Waals surface area contributed by atoms with E-state index in [0.29, 0.717) is 23.1 Å². The fraction of sp³-hybridized carbons (Fsp3) is 0.333. The van der Waals surface area contributed by atoms with Gasteiger partial charge in [0.1, 0.15) is 5.82 Å². The Morgan fingerprint density at radius 1 is 1.14 bits per heavy atom. The van der Waals surface area contributed by atoms with Crippen LogP contribution in [0.3, 0.4) is 0 Å². The summed E-state index contributed by atoms with van der Waals surface area (Å²) in [6.07, 6.45) is 3.00. The minimum absolute atomic E-state index is 0.454. The van der Waals surface area contributed by atoms with E-state index in [2.05, 4.69) is 21.4 Å². The van der Waals surface area contributed by atoms with Crippen LogP contribution in [0.2, 0.25) is 0 Å². The van der Waals surface area contributed by atoms with Crippen LogP contribution < -0.4 is 20.5 Å². The Kier molecular flexibility index (Phi) is 3.62. The molecule has 0 atom stereocenters. The Labute approximate surface area is 123 Å². The zero-order valence-electron chi connectivity index (χ0n) is 12.1. The molecule has 0 aliphatic carbocycles. The molecule has 0 spiro atoms. The molecular formula is C15H18N4O2. The fourth-order valence-electron chi connectivity index (χ4n) is 2.45. The van der Waals surface area contributed by atoms with Gasteiger partial charge in [-0.05, 0) is 24.6 Å². The Balaban J connectivity index is 2.16. The van der Waals surface area contributed by atoms with E-state index in [9.17, 15) is 0 Å². The normalized spacial score (nSPS) is 14.9. The number of nitrogen functional groups attached to an aromatic ring is 1. The van der Waals surface area contributed by atoms with E-state index in [1.54, 1.807) is 14.2 Å². The average molecular weight is 286 g/mol. The van der Waals surface area contributed by atoms with Gasteiger partial charge >= 0.3 is 0 Å². The van der Waals surface area contributed by atoms with Gasteiger partial charge in [0.2, 0.25) is 0 Å². The molecule has 0 saturated heterocycles. The number of nitrogens with zero attached hydrogens (tertiary/aromatic N) is 2. The zero-order chi connectivity index (χ0) is 14.8. The van der Waals surface area contributed by atoms with Gasteiger partial charge in [0.25, 0.3) is 0 Å². The number of nitrogens with two attached hydrogens (primary N) is 1. The second-order valence-corrected chi connectivity index (χ2v) is 4.84. The monoisotopic (exact) mass is 286 g/mol. The van der Waals surface area contributed by atoms with Crippen molar-refractivity contribution in [1.29, 1.82) is 0 Å². The number of methoxy groups -OCH3 is 2. The second kappa shape index (κ2) is 5.57. The van der Waals surface area contributed by atoms with Gasteiger partial charge in [0, 0.05) is 18.0 Å². The van der Waals surface area contributed by atoms with Crippen LogP contribution in [0.4, 0.5) is 5.82 Å². The van der Waals surface area contributed by atoms with E-state index in [-0.39, 0.29) is 0 Å². The number of rotatable bonds is 3. The summed E-state index contributed by atoms with van der Waals surface area (Å²) < 4.78 is 10.6. The van der Waals surface area contributed by atoms with Crippen molar-refractivity contribution in [2.45, 2.75) is 6.42 Å². The van der Waals surface area contributed by atoms with Crippen LogP contribution in [0, 0.1) is 0 Å². The summed E-state index contributed by atoms with van der Waals surface area (Å²) in [4.78, 5) is 9.05. The molecule has 1 aromatic carbocycles. The number of aromatic nitrogens is 2. The van der Waals surface area contributed by atoms with Gasteiger partial charge in [-0.15, -0.1) is 0 Å². The van der Waals surface area contributed by atoms with Gasteiger partial charge in [-0.25, -0.2) is 9.97 Å². The van der Waals surface area contributed by atoms with E-state index < -0.39 is 0 Å². The number of anilines is 1. The molecule has 2 heterocycles. The highest BCUT2D eigenvalue weighted by Gasteiger charge is 2.14. The number of nitrogens with one attached hydrogen (secondary N) is 1. The largest absolute Gasteiger partial charge is 0.493 e. The number of hydrogen-bond donors (Lipinski definition) is 2. The third-order valence-electron chi connectivity index (χ3n) is 3.58. The highest BCUT2D eigenvalue weighted by atomic mass is 16.5. The van der Waals surface area contributed by atoms with Gasteiger partial charge in [-0.3, -0.25) is 0 Å². The van der Waals surface area contributed by atoms with Crippen molar-refractivity contribution in [3.63, 3.8) is 0 Å². The van der Waals surface area contributed by atoms with Gasteiger partial charge in [0.15, 0.2) is 17.3 Å². The molecule has 0 saturated carbocycles. The maximum absolute atomic E-state index is 6.09. The van der Waals surface area contributed by atoms with E-state index in [1.165, 1.54) is 0 Å². The molecule has 2 aromatic rings. The van der Waals surface area contributed by atoms with Crippen molar-refractivity contribution in [3.05, 3.63) is 24.0 Å². The lowest BCUT2D eigenvalue weighted by molar-refractivity contribution is 0.356. The molecule has 0 bridgehead atoms. The Morgan fingerprint density at radius 2 is 1.90 bits per heavy atom. The molecule has 6 heteroatoms. The molecule has 1 aromatic heterocycles. The Morgan fingerprint density at radius 3 is 2.57 bits per heavy atom. The molecule has 6 nitrogen and oxygen atoms in total. The second-order valence-electron chi connectivity index (χ2n) is 4.84. The number of benzene rings is 1. The van der Waals surface area contributed by atoms with Crippen LogP contribution in [0.15, 0.2) is 18.2 Å². The van der Waals surface area contributed by atoms with E-state index in [0.717, 1.165) is 36.0 Å². The van der Waals surface area contributed by atoms with Gasteiger partial charge in [0.05, 0.1) is 19.7 Å². The standard InChI is InChI=1S/C15H18N4O2/c1-20-12-7-10-11(8-13(12)21-2)18-15(19-14(10)16)9-3-5-17-6-4-9/h3,7-8,17H,4-6H2,1-2H3,(H2,16,18,19). The molecule has 21 heavy (non-hydrogen) atoms. The van der Waals surface area contributed by atoms with Crippen molar-refractivity contribution >= 4 is 22.3 Å². The summed E-state index contributed by atoms with van der Waals surface area (Å²) >= 11 is 0. The molecule has 1 aliphatic rings. The van der Waals surface area contributed by atoms with Gasteiger partial charge in [-0.2, -0.15) is 0 Å². The van der Waals surface area contributed by atoms with Crippen molar-refractivity contribution in [1.82, 2.24) is 15.3 Å². The van der Waals surface area contributed by atoms with Crippen LogP contribution >= 0.6 is 0 Å². The molecule has 0 unspecified atom stereocenters. The van der Waals surface area contributed by atoms with Crippen molar-refractivity contribution < 1.29 is 9.47 Å². The SMILES string of the molecule is COc1cc2nc(C3=CCNCC3)nc(N)c2cc1OC. The van der Waals surface area contributed by atoms with E-state index in [1.807, 2.05) is 12.1 Å². The van der Waals surface area contributed by atoms with Crippen LogP contribution in [0.5, 0.6) is 11.5 Å². The topological polar surface area (TPSA) is 82.3 Å². The maximum Gasteiger partial charge on any atom is 0.162 e. The Hall–Kier alpha value is -2.34. The highest BCUT2D eigenvalue weighted by molar-refractivity contribution is 5.91. The quantitative estimate of drug-likeness (QED) is 0.892. The number of ether oxygens (including phenoxy) is 2. The summed E-state index contributed by atoms with van der Waals surface area (Å²) in [5.41, 5.74) is 7.97. The maximum atomic E-state index is 6.09. The smallest absolute Gasteiger partial charge is 0.162 e. The molecule has 110 valence electrons. The van der Waals surface area contributed by atoms with Crippen LogP contribution in [-0.4, -0.2) is 37.3 Å². The first-order valence-corrected chi connectivity index (χ1v) is 6.82. The lowest BCUT2D eigenvalue weighted by atomic mass is 10.1. The van der Waals surface area contributed by atoms with Gasteiger partial charge in [-0.1, -0.05) is 6.08 Å². The van der Waals surface area contributed by atoms with Crippen LogP contribution in [0.25, 0.3) is 16.5 Å². The summed E-state index contributed by atoms with van der Waals surface area (Å²) in [6, 6.07) is 3.64. The first kappa shape index (κ1) is 13.6. The molecule has 3 rings (SSSR count). The summed E-state index contributed by atoms with van der Waals surface area (Å²) in [5, 5.41) is 4.04. The van der Waals surface area contributed by atoms with Crippen molar-refractivity contribution in [2.75, 3.05) is 33.0 Å². The number of hydrogen-bond acceptors (Lipinski definition) is 6. The summed E-state index contributed by atoms with van der Waals surface area (Å²) in [7, 11) is 3.19. The predicted molar refractivity (Wildman–Crippen MR) is 82.5 cm³/mol. The first-order valence-electron chi connectivity index (χ1n) is 6.82. The van der Waals surface area contributed by atoms with Crippen molar-refractivity contribution in [2.24, 2.45) is 0 Å². The minimum atomic E-state index is 0.454. The van der Waals surface area contributed by atoms with E-state index >= 15 is 0 Å². The van der Waals surface area contributed by atoms with Crippen LogP contribution in [0.1, 0.15) is 12.2 Å². The first-order chi connectivity index (χ1) is 10.2. The fourth-order valence-corrected chi connectivity index (χ4v) is 2.45. The molecule has 1 aliphatic heterocycles. The lowest BCUT2D eigenvalue weighted by Crippen LogP contribution is -2.20. The van der Waals surface area contributed by atoms with E-state index in [4.69, 9.17) is 15.2 Å². The summed E-state index contributed by atoms with van der Waals surface area (Å²) in [5.74, 6) is 2.39. The molecule has 3 N–H and O–H groups in total. The predicted octanol–water partition coefficient (Wildman–Crippen LogP) is 1.61. The molecular weight excluding hydrogens is 268 g/mol. The Bertz CT molecular complexity index is 712. The lowest BCUT2D eigenvalue weighted by Gasteiger charge is -2.15. The molecule has 0 radical (unpaired) electrons. The van der Waals surface area contributed by atoms with Crippen LogP contribution in [-0.2, 0) is 0 Å². The summed E-state index contributed by atoms with van der Waals surface area (Å²) in [6.45, 7) is 1.77. The molecule has 0 amide bonds. The number of fused-ring (bicyclic) bond motifs is 1. The average Bonchev–Trinajstić information content (AvgIpc) is 2.54. The zero-order valence-corrected chi connectivity index (χ0v) is 12.1. The van der Waals surface area contributed by atoms with Gasteiger partial charge < -0.3 is 20.5 Å². The third-order valence-corrected chi connectivity index (χ3v) is 3.58.